The molecule has 4 heteroatoms. The van der Waals surface area contributed by atoms with Gasteiger partial charge in [-0.25, -0.2) is 8.78 Å². The number of benzene rings is 1. The van der Waals surface area contributed by atoms with Crippen LogP contribution in [0.3, 0.4) is 0 Å². The molecule has 0 saturated heterocycles. The van der Waals surface area contributed by atoms with Gasteiger partial charge in [0.05, 0.1) is 12.5 Å². The van der Waals surface area contributed by atoms with Gasteiger partial charge in [-0.15, -0.1) is 0 Å². The Morgan fingerprint density at radius 3 is 2.33 bits per heavy atom. The lowest BCUT2D eigenvalue weighted by Gasteiger charge is -2.19. The van der Waals surface area contributed by atoms with Gasteiger partial charge in [0.1, 0.15) is 0 Å². The molecule has 0 aliphatic heterocycles. The van der Waals surface area contributed by atoms with Crippen molar-refractivity contribution in [1.29, 1.82) is 0 Å². The molecule has 2 aromatic rings. The van der Waals surface area contributed by atoms with Crippen LogP contribution in [-0.2, 0) is 0 Å². The van der Waals surface area contributed by atoms with E-state index in [0.29, 0.717) is 5.56 Å². The highest BCUT2D eigenvalue weighted by atomic mass is 19.2. The fourth-order valence-corrected chi connectivity index (χ4v) is 1.87. The minimum Gasteiger partial charge on any atom is -0.472 e. The number of hydrogen-bond acceptors (Lipinski definition) is 2. The fraction of sp³-hybridized carbons (Fsp3) is 0.286. The predicted molar refractivity (Wildman–Crippen MR) is 65.0 cm³/mol. The summed E-state index contributed by atoms with van der Waals surface area (Å²) in [5.41, 5.74) is 1.73. The summed E-state index contributed by atoms with van der Waals surface area (Å²) in [7, 11) is 0. The van der Waals surface area contributed by atoms with E-state index < -0.39 is 11.6 Å². The maximum Gasteiger partial charge on any atom is 0.159 e. The van der Waals surface area contributed by atoms with Crippen LogP contribution >= 0.6 is 0 Å². The Bertz CT molecular complexity index is 511. The summed E-state index contributed by atoms with van der Waals surface area (Å²) in [5, 5.41) is 3.30. The minimum absolute atomic E-state index is 0.0758. The quantitative estimate of drug-likeness (QED) is 0.889. The smallest absolute Gasteiger partial charge is 0.159 e. The Morgan fingerprint density at radius 1 is 1.00 bits per heavy atom. The zero-order valence-electron chi connectivity index (χ0n) is 10.3. The molecule has 1 N–H and O–H groups in total. The van der Waals surface area contributed by atoms with Gasteiger partial charge in [0.25, 0.3) is 0 Å². The molecule has 18 heavy (non-hydrogen) atoms. The summed E-state index contributed by atoms with van der Waals surface area (Å²) in [6.07, 6.45) is 3.27. The van der Waals surface area contributed by atoms with Gasteiger partial charge in [-0.05, 0) is 37.6 Å². The molecule has 0 fully saturated rings. The lowest BCUT2D eigenvalue weighted by Crippen LogP contribution is -2.22. The zero-order chi connectivity index (χ0) is 13.1. The minimum atomic E-state index is -0.825. The first-order valence-electron chi connectivity index (χ1n) is 5.81. The second-order valence-corrected chi connectivity index (χ2v) is 4.34. The second-order valence-electron chi connectivity index (χ2n) is 4.34. The molecule has 0 saturated carbocycles. The molecule has 0 spiro atoms. The molecule has 0 aliphatic carbocycles. The van der Waals surface area contributed by atoms with E-state index in [1.807, 2.05) is 19.9 Å². The van der Waals surface area contributed by atoms with Gasteiger partial charge in [-0.3, -0.25) is 0 Å². The lowest BCUT2D eigenvalue weighted by atomic mass is 10.1. The van der Waals surface area contributed by atoms with Gasteiger partial charge in [0.2, 0.25) is 0 Å². The van der Waals surface area contributed by atoms with Crippen LogP contribution in [0.2, 0.25) is 0 Å². The van der Waals surface area contributed by atoms with Crippen LogP contribution in [0.15, 0.2) is 41.2 Å². The third kappa shape index (κ3) is 2.76. The monoisotopic (exact) mass is 251 g/mol. The fourth-order valence-electron chi connectivity index (χ4n) is 1.87. The van der Waals surface area contributed by atoms with E-state index in [1.165, 1.54) is 6.07 Å². The van der Waals surface area contributed by atoms with Crippen molar-refractivity contribution in [3.63, 3.8) is 0 Å². The maximum atomic E-state index is 13.1. The molecule has 1 aromatic heterocycles. The molecular formula is C14H15F2NO. The van der Waals surface area contributed by atoms with E-state index in [0.717, 1.165) is 11.6 Å². The molecule has 0 amide bonds. The third-order valence-corrected chi connectivity index (χ3v) is 2.99. The van der Waals surface area contributed by atoms with Crippen LogP contribution in [0.1, 0.15) is 37.1 Å². The van der Waals surface area contributed by atoms with Crippen molar-refractivity contribution >= 4 is 0 Å². The molecular weight excluding hydrogens is 236 g/mol. The van der Waals surface area contributed by atoms with Crippen molar-refractivity contribution in [3.8, 4) is 0 Å². The summed E-state index contributed by atoms with van der Waals surface area (Å²) < 4.78 is 31.0. The van der Waals surface area contributed by atoms with E-state index in [2.05, 4.69) is 5.32 Å². The van der Waals surface area contributed by atoms with Gasteiger partial charge in [0, 0.05) is 17.6 Å². The van der Waals surface area contributed by atoms with Gasteiger partial charge in [-0.1, -0.05) is 6.07 Å². The van der Waals surface area contributed by atoms with E-state index in [-0.39, 0.29) is 12.1 Å². The molecule has 2 nitrogen and oxygen atoms in total. The molecule has 0 aliphatic rings. The van der Waals surface area contributed by atoms with E-state index in [1.54, 1.807) is 18.6 Å². The van der Waals surface area contributed by atoms with Crippen LogP contribution in [0.4, 0.5) is 8.78 Å². The second kappa shape index (κ2) is 5.31. The lowest BCUT2D eigenvalue weighted by molar-refractivity contribution is 0.475. The maximum absolute atomic E-state index is 13.1. The number of halogens is 2. The Balaban J connectivity index is 2.07. The van der Waals surface area contributed by atoms with E-state index >= 15 is 0 Å². The normalized spacial score (nSPS) is 14.4. The summed E-state index contributed by atoms with van der Waals surface area (Å²) in [4.78, 5) is 0. The van der Waals surface area contributed by atoms with Crippen LogP contribution in [0.5, 0.6) is 0 Å². The average molecular weight is 251 g/mol. The Morgan fingerprint density at radius 2 is 1.72 bits per heavy atom. The molecule has 96 valence electrons. The summed E-state index contributed by atoms with van der Waals surface area (Å²) in [6, 6.07) is 5.81. The van der Waals surface area contributed by atoms with Crippen molar-refractivity contribution in [1.82, 2.24) is 5.32 Å². The SMILES string of the molecule is CC(NC(C)c1ccc(F)c(F)c1)c1ccoc1. The van der Waals surface area contributed by atoms with Crippen LogP contribution in [0, 0.1) is 11.6 Å². The molecule has 0 bridgehead atoms. The first-order chi connectivity index (χ1) is 8.58. The topological polar surface area (TPSA) is 25.2 Å². The van der Waals surface area contributed by atoms with Crippen LogP contribution in [-0.4, -0.2) is 0 Å². The Kier molecular flexibility index (Phi) is 3.77. The first kappa shape index (κ1) is 12.8. The van der Waals surface area contributed by atoms with Crippen molar-refractivity contribution in [2.45, 2.75) is 25.9 Å². The predicted octanol–water partition coefficient (Wildman–Crippen LogP) is 3.97. The molecule has 2 rings (SSSR count). The standard InChI is InChI=1S/C14H15F2NO/c1-9(11-3-4-13(15)14(16)7-11)17-10(2)12-5-6-18-8-12/h3-10,17H,1-2H3. The highest BCUT2D eigenvalue weighted by molar-refractivity contribution is 5.21. The highest BCUT2D eigenvalue weighted by Gasteiger charge is 2.13. The van der Waals surface area contributed by atoms with Crippen molar-refractivity contribution < 1.29 is 13.2 Å². The molecule has 0 radical (unpaired) electrons. The van der Waals surface area contributed by atoms with Crippen molar-refractivity contribution in [2.24, 2.45) is 0 Å². The van der Waals surface area contributed by atoms with Gasteiger partial charge in [0.15, 0.2) is 11.6 Å². The summed E-state index contributed by atoms with van der Waals surface area (Å²) in [5.74, 6) is -1.65. The molecule has 1 aromatic carbocycles. The summed E-state index contributed by atoms with van der Waals surface area (Å²) in [6.45, 7) is 3.89. The van der Waals surface area contributed by atoms with Crippen LogP contribution < -0.4 is 5.32 Å². The summed E-state index contributed by atoms with van der Waals surface area (Å²) >= 11 is 0. The molecule has 2 atom stereocenters. The van der Waals surface area contributed by atoms with E-state index in [4.69, 9.17) is 4.42 Å². The first-order valence-corrected chi connectivity index (χ1v) is 5.81. The highest BCUT2D eigenvalue weighted by Crippen LogP contribution is 2.21. The zero-order valence-corrected chi connectivity index (χ0v) is 10.3. The van der Waals surface area contributed by atoms with Crippen molar-refractivity contribution in [2.75, 3.05) is 0 Å². The largest absolute Gasteiger partial charge is 0.472 e. The van der Waals surface area contributed by atoms with Gasteiger partial charge in [-0.2, -0.15) is 0 Å². The molecule has 2 unspecified atom stereocenters. The third-order valence-electron chi connectivity index (χ3n) is 2.99. The Labute approximate surface area is 105 Å². The van der Waals surface area contributed by atoms with Gasteiger partial charge < -0.3 is 9.73 Å². The molecule has 1 heterocycles. The van der Waals surface area contributed by atoms with E-state index in [9.17, 15) is 8.78 Å². The number of nitrogens with one attached hydrogen (secondary N) is 1. The van der Waals surface area contributed by atoms with Crippen molar-refractivity contribution in [3.05, 3.63) is 59.6 Å². The number of furan rings is 1. The Hall–Kier alpha value is -1.68. The number of hydrogen-bond donors (Lipinski definition) is 1. The average Bonchev–Trinajstić information content (AvgIpc) is 2.86. The number of rotatable bonds is 4. The van der Waals surface area contributed by atoms with Gasteiger partial charge >= 0.3 is 0 Å². The van der Waals surface area contributed by atoms with Crippen LogP contribution in [0.25, 0.3) is 0 Å².